The summed E-state index contributed by atoms with van der Waals surface area (Å²) in [4.78, 5) is 3.22. The van der Waals surface area contributed by atoms with Crippen molar-refractivity contribution >= 4 is 38.4 Å². The molecule has 0 aliphatic rings. The number of aromatic amines is 1. The number of alkyl halides is 1. The van der Waals surface area contributed by atoms with E-state index in [1.54, 1.807) is 0 Å². The molecule has 2 rings (SSSR count). The van der Waals surface area contributed by atoms with E-state index in [1.807, 2.05) is 12.3 Å². The SMILES string of the molecule is ClCCc1c[nH]c2ccc(Br)cc12. The predicted octanol–water partition coefficient (Wildman–Crippen LogP) is 3.71. The smallest absolute Gasteiger partial charge is 0.0457 e. The first-order valence-electron chi connectivity index (χ1n) is 4.13. The highest BCUT2D eigenvalue weighted by Gasteiger charge is 2.02. The molecule has 0 bridgehead atoms. The number of halogens is 2. The van der Waals surface area contributed by atoms with E-state index >= 15 is 0 Å². The number of rotatable bonds is 2. The van der Waals surface area contributed by atoms with Gasteiger partial charge in [0.2, 0.25) is 0 Å². The van der Waals surface area contributed by atoms with Gasteiger partial charge in [0.15, 0.2) is 0 Å². The molecule has 1 N–H and O–H groups in total. The Hall–Kier alpha value is -0.470. The van der Waals surface area contributed by atoms with Gasteiger partial charge in [0, 0.05) is 27.5 Å². The third-order valence-electron chi connectivity index (χ3n) is 2.09. The Morgan fingerprint density at radius 2 is 2.23 bits per heavy atom. The van der Waals surface area contributed by atoms with Crippen LogP contribution in [0.5, 0.6) is 0 Å². The third kappa shape index (κ3) is 1.74. The van der Waals surface area contributed by atoms with Crippen LogP contribution in [0.3, 0.4) is 0 Å². The number of benzene rings is 1. The molecule has 68 valence electrons. The van der Waals surface area contributed by atoms with Crippen molar-refractivity contribution in [1.29, 1.82) is 0 Å². The third-order valence-corrected chi connectivity index (χ3v) is 2.78. The Bertz CT molecular complexity index is 422. The van der Waals surface area contributed by atoms with Gasteiger partial charge in [-0.2, -0.15) is 0 Å². The van der Waals surface area contributed by atoms with Crippen LogP contribution in [-0.2, 0) is 6.42 Å². The van der Waals surface area contributed by atoms with Crippen molar-refractivity contribution < 1.29 is 0 Å². The van der Waals surface area contributed by atoms with Gasteiger partial charge in [-0.3, -0.25) is 0 Å². The molecule has 0 fully saturated rings. The molecule has 3 heteroatoms. The van der Waals surface area contributed by atoms with Crippen molar-refractivity contribution in [1.82, 2.24) is 4.98 Å². The molecule has 0 unspecified atom stereocenters. The molecule has 0 amide bonds. The lowest BCUT2D eigenvalue weighted by atomic mass is 10.1. The molecule has 0 aliphatic carbocycles. The van der Waals surface area contributed by atoms with Gasteiger partial charge in [-0.1, -0.05) is 15.9 Å². The van der Waals surface area contributed by atoms with Crippen LogP contribution in [0.15, 0.2) is 28.9 Å². The summed E-state index contributed by atoms with van der Waals surface area (Å²) in [5, 5.41) is 1.26. The van der Waals surface area contributed by atoms with Gasteiger partial charge in [0.25, 0.3) is 0 Å². The van der Waals surface area contributed by atoms with E-state index in [-0.39, 0.29) is 0 Å². The quantitative estimate of drug-likeness (QED) is 0.791. The number of nitrogens with one attached hydrogen (secondary N) is 1. The van der Waals surface area contributed by atoms with Crippen LogP contribution in [0.25, 0.3) is 10.9 Å². The lowest BCUT2D eigenvalue weighted by Gasteiger charge is -1.95. The summed E-state index contributed by atoms with van der Waals surface area (Å²) in [5.74, 6) is 0.666. The van der Waals surface area contributed by atoms with Crippen molar-refractivity contribution in [3.63, 3.8) is 0 Å². The van der Waals surface area contributed by atoms with E-state index in [0.29, 0.717) is 5.88 Å². The topological polar surface area (TPSA) is 15.8 Å². The number of hydrogen-bond acceptors (Lipinski definition) is 0. The molecule has 1 aromatic heterocycles. The Morgan fingerprint density at radius 3 is 3.00 bits per heavy atom. The van der Waals surface area contributed by atoms with Crippen molar-refractivity contribution in [2.45, 2.75) is 6.42 Å². The highest BCUT2D eigenvalue weighted by atomic mass is 79.9. The standard InChI is InChI=1S/C10H9BrClN/c11-8-1-2-10-9(5-8)7(3-4-12)6-13-10/h1-2,5-6,13H,3-4H2. The Labute approximate surface area is 90.2 Å². The number of aryl methyl sites for hydroxylation is 1. The zero-order chi connectivity index (χ0) is 9.26. The van der Waals surface area contributed by atoms with E-state index in [1.165, 1.54) is 16.5 Å². The minimum atomic E-state index is 0.666. The maximum atomic E-state index is 5.71. The molecule has 0 aliphatic heterocycles. The Kier molecular flexibility index (Phi) is 2.61. The molecular weight excluding hydrogens is 249 g/mol. The van der Waals surface area contributed by atoms with Gasteiger partial charge in [-0.05, 0) is 30.2 Å². The summed E-state index contributed by atoms with van der Waals surface area (Å²) in [6.07, 6.45) is 2.94. The van der Waals surface area contributed by atoms with Crippen LogP contribution in [-0.4, -0.2) is 10.9 Å². The first-order chi connectivity index (χ1) is 6.31. The summed E-state index contributed by atoms with van der Waals surface area (Å²) >= 11 is 9.16. The van der Waals surface area contributed by atoms with Gasteiger partial charge < -0.3 is 4.98 Å². The second kappa shape index (κ2) is 3.72. The summed E-state index contributed by atoms with van der Waals surface area (Å²) < 4.78 is 1.11. The van der Waals surface area contributed by atoms with Crippen LogP contribution >= 0.6 is 27.5 Å². The average molecular weight is 259 g/mol. The van der Waals surface area contributed by atoms with Gasteiger partial charge >= 0.3 is 0 Å². The molecule has 0 radical (unpaired) electrons. The highest BCUT2D eigenvalue weighted by molar-refractivity contribution is 9.10. The number of H-pyrrole nitrogens is 1. The Morgan fingerprint density at radius 1 is 1.38 bits per heavy atom. The largest absolute Gasteiger partial charge is 0.361 e. The first kappa shape index (κ1) is 9.10. The van der Waals surface area contributed by atoms with E-state index in [0.717, 1.165) is 10.9 Å². The fourth-order valence-corrected chi connectivity index (χ4v) is 2.02. The zero-order valence-electron chi connectivity index (χ0n) is 6.98. The number of aromatic nitrogens is 1. The van der Waals surface area contributed by atoms with Gasteiger partial charge in [-0.25, -0.2) is 0 Å². The molecule has 0 atom stereocenters. The summed E-state index contributed by atoms with van der Waals surface area (Å²) in [6, 6.07) is 6.22. The minimum Gasteiger partial charge on any atom is -0.361 e. The van der Waals surface area contributed by atoms with Gasteiger partial charge in [0.1, 0.15) is 0 Å². The molecule has 1 nitrogen and oxygen atoms in total. The summed E-state index contributed by atoms with van der Waals surface area (Å²) in [6.45, 7) is 0. The van der Waals surface area contributed by atoms with Crippen LogP contribution in [0, 0.1) is 0 Å². The molecule has 1 aromatic carbocycles. The molecule has 13 heavy (non-hydrogen) atoms. The maximum absolute atomic E-state index is 5.71. The van der Waals surface area contributed by atoms with E-state index in [9.17, 15) is 0 Å². The second-order valence-corrected chi connectivity index (χ2v) is 4.24. The molecule has 1 heterocycles. The summed E-state index contributed by atoms with van der Waals surface area (Å²) in [5.41, 5.74) is 2.45. The lowest BCUT2D eigenvalue weighted by Crippen LogP contribution is -1.82. The first-order valence-corrected chi connectivity index (χ1v) is 5.45. The number of hydrogen-bond donors (Lipinski definition) is 1. The van der Waals surface area contributed by atoms with Crippen molar-refractivity contribution in [2.24, 2.45) is 0 Å². The van der Waals surface area contributed by atoms with Crippen LogP contribution < -0.4 is 0 Å². The molecular formula is C10H9BrClN. The van der Waals surface area contributed by atoms with Crippen LogP contribution in [0.2, 0.25) is 0 Å². The van der Waals surface area contributed by atoms with Crippen LogP contribution in [0.4, 0.5) is 0 Å². The van der Waals surface area contributed by atoms with Crippen molar-refractivity contribution in [3.8, 4) is 0 Å². The van der Waals surface area contributed by atoms with Gasteiger partial charge in [0.05, 0.1) is 0 Å². The molecule has 0 saturated carbocycles. The molecule has 0 spiro atoms. The van der Waals surface area contributed by atoms with E-state index < -0.39 is 0 Å². The van der Waals surface area contributed by atoms with E-state index in [2.05, 4.69) is 33.0 Å². The monoisotopic (exact) mass is 257 g/mol. The molecule has 0 saturated heterocycles. The highest BCUT2D eigenvalue weighted by Crippen LogP contribution is 2.23. The fourth-order valence-electron chi connectivity index (χ4n) is 1.46. The average Bonchev–Trinajstić information content (AvgIpc) is 2.49. The predicted molar refractivity (Wildman–Crippen MR) is 60.4 cm³/mol. The molecule has 2 aromatic rings. The lowest BCUT2D eigenvalue weighted by molar-refractivity contribution is 1.16. The Balaban J connectivity index is 2.58. The van der Waals surface area contributed by atoms with E-state index in [4.69, 9.17) is 11.6 Å². The van der Waals surface area contributed by atoms with Crippen molar-refractivity contribution in [3.05, 3.63) is 34.4 Å². The fraction of sp³-hybridized carbons (Fsp3) is 0.200. The maximum Gasteiger partial charge on any atom is 0.0457 e. The van der Waals surface area contributed by atoms with Gasteiger partial charge in [-0.15, -0.1) is 11.6 Å². The van der Waals surface area contributed by atoms with Crippen molar-refractivity contribution in [2.75, 3.05) is 5.88 Å². The van der Waals surface area contributed by atoms with Crippen LogP contribution in [0.1, 0.15) is 5.56 Å². The minimum absolute atomic E-state index is 0.666. The summed E-state index contributed by atoms with van der Waals surface area (Å²) in [7, 11) is 0. The second-order valence-electron chi connectivity index (χ2n) is 2.94. The number of fused-ring (bicyclic) bond motifs is 1. The normalized spacial score (nSPS) is 10.9. The zero-order valence-corrected chi connectivity index (χ0v) is 9.32.